The van der Waals surface area contributed by atoms with Crippen LogP contribution in [-0.2, 0) is 17.1 Å². The second kappa shape index (κ2) is 19.4. The molecule has 0 fully saturated rings. The van der Waals surface area contributed by atoms with Crippen molar-refractivity contribution in [3.63, 3.8) is 0 Å². The molecule has 2 aromatic heterocycles. The number of alkyl halides is 6. The zero-order valence-corrected chi connectivity index (χ0v) is 31.6. The number of rotatable bonds is 9. The van der Waals surface area contributed by atoms with Gasteiger partial charge in [0.25, 0.3) is 5.89 Å². The van der Waals surface area contributed by atoms with Crippen molar-refractivity contribution >= 4 is 34.6 Å². The van der Waals surface area contributed by atoms with Crippen molar-refractivity contribution < 1.29 is 49.5 Å². The number of methoxy groups -OCH3 is 1. The molecule has 6 rings (SSSR count). The number of anilines is 4. The van der Waals surface area contributed by atoms with Crippen LogP contribution in [-0.4, -0.2) is 51.5 Å². The Bertz CT molecular complexity index is 2250. The molecule has 0 aliphatic heterocycles. The highest BCUT2D eigenvalue weighted by atomic mass is 19.4. The molecule has 19 heteroatoms. The van der Waals surface area contributed by atoms with Crippen molar-refractivity contribution in [3.05, 3.63) is 120 Å². The number of para-hydroxylation sites is 2. The average Bonchev–Trinajstić information content (AvgIpc) is 3.86. The summed E-state index contributed by atoms with van der Waals surface area (Å²) in [6, 6.07) is 23.2. The van der Waals surface area contributed by atoms with Gasteiger partial charge in [0.05, 0.1) is 40.7 Å². The van der Waals surface area contributed by atoms with Crippen molar-refractivity contribution in [3.8, 4) is 22.9 Å². The molecule has 0 saturated heterocycles. The number of hydrogen-bond donors (Lipinski definition) is 4. The van der Waals surface area contributed by atoms with Crippen LogP contribution in [0.2, 0.25) is 0 Å². The van der Waals surface area contributed by atoms with Gasteiger partial charge in [0.1, 0.15) is 0 Å². The third kappa shape index (κ3) is 12.6. The zero-order valence-electron chi connectivity index (χ0n) is 31.6. The van der Waals surface area contributed by atoms with E-state index in [1.165, 1.54) is 31.4 Å². The second-order valence-electron chi connectivity index (χ2n) is 12.7. The number of nitrogens with zero attached hydrogens (tertiary/aromatic N) is 4. The van der Waals surface area contributed by atoms with Gasteiger partial charge in [-0.2, -0.15) is 26.3 Å². The van der Waals surface area contributed by atoms with E-state index in [1.807, 2.05) is 13.8 Å². The van der Waals surface area contributed by atoms with E-state index in [0.717, 1.165) is 24.3 Å². The van der Waals surface area contributed by atoms with Crippen molar-refractivity contribution in [1.82, 2.24) is 25.7 Å². The molecule has 0 atom stereocenters. The molecule has 0 aliphatic carbocycles. The maximum Gasteiger partial charge on any atom is 0.416 e. The van der Waals surface area contributed by atoms with E-state index in [4.69, 9.17) is 14.6 Å². The summed E-state index contributed by atoms with van der Waals surface area (Å²) in [6.45, 7) is 7.50. The number of benzene rings is 4. The largest absolute Gasteiger partial charge is 0.462 e. The predicted octanol–water partition coefficient (Wildman–Crippen LogP) is 9.28. The van der Waals surface area contributed by atoms with Crippen LogP contribution >= 0.6 is 0 Å². The van der Waals surface area contributed by atoms with Gasteiger partial charge in [0.15, 0.2) is 0 Å². The minimum absolute atomic E-state index is 0.0698. The lowest BCUT2D eigenvalue weighted by Crippen LogP contribution is -2.30. The molecule has 0 saturated carbocycles. The van der Waals surface area contributed by atoms with E-state index >= 15 is 0 Å². The first-order chi connectivity index (χ1) is 27.3. The van der Waals surface area contributed by atoms with E-state index in [9.17, 15) is 35.9 Å². The average molecular weight is 813 g/mol. The molecule has 5 N–H and O–H groups in total. The molecule has 1 amide bonds. The Kier molecular flexibility index (Phi) is 14.7. The Morgan fingerprint density at radius 1 is 0.621 bits per heavy atom. The van der Waals surface area contributed by atoms with E-state index in [1.54, 1.807) is 62.4 Å². The molecule has 6 aromatic rings. The highest BCUT2D eigenvalue weighted by Crippen LogP contribution is 2.34. The summed E-state index contributed by atoms with van der Waals surface area (Å²) >= 11 is 0. The molecule has 58 heavy (non-hydrogen) atoms. The molecule has 4 aromatic carbocycles. The minimum atomic E-state index is -4.40. The fraction of sp³-hybridized carbons (Fsp3) is 0.231. The summed E-state index contributed by atoms with van der Waals surface area (Å²) in [5, 5.41) is 23.7. The normalized spacial score (nSPS) is 11.2. The second-order valence-corrected chi connectivity index (χ2v) is 12.7. The highest BCUT2D eigenvalue weighted by molar-refractivity contribution is 5.90. The number of halogens is 6. The first kappa shape index (κ1) is 44.0. The third-order valence-electron chi connectivity index (χ3n) is 7.12. The van der Waals surface area contributed by atoms with Crippen molar-refractivity contribution in [1.29, 1.82) is 0 Å². The lowest BCUT2D eigenvalue weighted by molar-refractivity contribution is -0.138. The van der Waals surface area contributed by atoms with Gasteiger partial charge in [0.2, 0.25) is 5.89 Å². The number of aromatic nitrogens is 4. The number of nitrogens with two attached hydrogens (primary N) is 1. The summed E-state index contributed by atoms with van der Waals surface area (Å²) in [5.41, 5.74) is 6.60. The molecule has 0 spiro atoms. The Balaban J connectivity index is 0.000000236. The van der Waals surface area contributed by atoms with Crippen molar-refractivity contribution in [2.24, 2.45) is 5.73 Å². The van der Waals surface area contributed by atoms with Gasteiger partial charge < -0.3 is 35.3 Å². The fourth-order valence-electron chi connectivity index (χ4n) is 4.60. The number of esters is 1. The summed E-state index contributed by atoms with van der Waals surface area (Å²) < 4.78 is 91.3. The monoisotopic (exact) mass is 812 g/mol. The Hall–Kier alpha value is -6.76. The van der Waals surface area contributed by atoms with Crippen LogP contribution in [0.15, 0.2) is 106 Å². The molecule has 0 aliphatic rings. The van der Waals surface area contributed by atoms with Crippen LogP contribution in [0.5, 0.6) is 0 Å². The topological polar surface area (TPSA) is 183 Å². The summed E-state index contributed by atoms with van der Waals surface area (Å²) in [6.07, 6.45) is -8.79. The third-order valence-corrected chi connectivity index (χ3v) is 7.12. The molecule has 13 nitrogen and oxygen atoms in total. The SMILES string of the molecule is CC(C)N.CC(C)NC(=O)c1nnc(-c2ccccc2Nc2ccc(C(F)(F)F)cc2)o1.COC(=O)c1nnc(-c2ccccc2Nc2ccc(C(F)(F)F)cc2)o1. The number of carbonyl (C=O) groups is 2. The Morgan fingerprint density at radius 2 is 1.00 bits per heavy atom. The number of ether oxygens (including phenoxy) is 1. The summed E-state index contributed by atoms with van der Waals surface area (Å²) in [5.74, 6) is -1.54. The van der Waals surface area contributed by atoms with Gasteiger partial charge in [-0.05, 0) is 92.7 Å². The summed E-state index contributed by atoms with van der Waals surface area (Å²) in [7, 11) is 1.19. The van der Waals surface area contributed by atoms with Gasteiger partial charge in [-0.3, -0.25) is 4.79 Å². The highest BCUT2D eigenvalue weighted by Gasteiger charge is 2.31. The Labute approximate surface area is 328 Å². The minimum Gasteiger partial charge on any atom is -0.462 e. The van der Waals surface area contributed by atoms with Crippen LogP contribution in [0.1, 0.15) is 60.2 Å². The van der Waals surface area contributed by atoms with E-state index < -0.39 is 35.4 Å². The maximum atomic E-state index is 12.7. The number of amides is 1. The lowest BCUT2D eigenvalue weighted by atomic mass is 10.1. The van der Waals surface area contributed by atoms with Crippen LogP contribution in [0, 0.1) is 0 Å². The number of hydrogen-bond acceptors (Lipinski definition) is 12. The summed E-state index contributed by atoms with van der Waals surface area (Å²) in [4.78, 5) is 23.4. The van der Waals surface area contributed by atoms with Crippen LogP contribution in [0.3, 0.4) is 0 Å². The Morgan fingerprint density at radius 3 is 1.38 bits per heavy atom. The standard InChI is InChI=1S/C19H17F3N4O2.C17H12F3N3O3.C3H9N/c1-11(2)23-16(27)18-26-25-17(28-18)14-5-3-4-6-15(14)24-13-9-7-12(8-10-13)19(20,21)22;1-25-16(24)15-23-22-14(26-15)12-4-2-3-5-13(12)21-11-8-6-10(7-9-11)17(18,19)20;1-3(2)4/h3-11,24H,1-2H3,(H,23,27);2-9,21H,1H3;3H,4H2,1-2H3. The van der Waals surface area contributed by atoms with E-state index in [0.29, 0.717) is 39.9 Å². The lowest BCUT2D eigenvalue weighted by Gasteiger charge is -2.11. The fourth-order valence-corrected chi connectivity index (χ4v) is 4.60. The van der Waals surface area contributed by atoms with Crippen molar-refractivity contribution in [2.45, 2.75) is 52.1 Å². The zero-order chi connectivity index (χ0) is 42.6. The van der Waals surface area contributed by atoms with Gasteiger partial charge in [-0.15, -0.1) is 20.4 Å². The maximum absolute atomic E-state index is 12.7. The van der Waals surface area contributed by atoms with E-state index in [2.05, 4.69) is 41.1 Å². The molecular formula is C39H38F6N8O5. The predicted molar refractivity (Wildman–Crippen MR) is 202 cm³/mol. The van der Waals surface area contributed by atoms with E-state index in [-0.39, 0.29) is 29.6 Å². The van der Waals surface area contributed by atoms with Gasteiger partial charge >= 0.3 is 36.0 Å². The smallest absolute Gasteiger partial charge is 0.416 e. The molecule has 0 bridgehead atoms. The van der Waals surface area contributed by atoms with Crippen LogP contribution in [0.4, 0.5) is 49.1 Å². The molecule has 0 unspecified atom stereocenters. The van der Waals surface area contributed by atoms with Crippen LogP contribution < -0.4 is 21.7 Å². The molecule has 0 radical (unpaired) electrons. The van der Waals surface area contributed by atoms with Gasteiger partial charge in [0, 0.05) is 17.4 Å². The quantitative estimate of drug-likeness (QED) is 0.0803. The van der Waals surface area contributed by atoms with Crippen LogP contribution in [0.25, 0.3) is 22.9 Å². The molecule has 2 heterocycles. The molecule has 306 valence electrons. The first-order valence-electron chi connectivity index (χ1n) is 17.2. The van der Waals surface area contributed by atoms with Gasteiger partial charge in [-0.25, -0.2) is 4.79 Å². The molecular weight excluding hydrogens is 774 g/mol. The first-order valence-corrected chi connectivity index (χ1v) is 17.2. The number of carbonyl (C=O) groups excluding carboxylic acids is 2. The van der Waals surface area contributed by atoms with Gasteiger partial charge in [-0.1, -0.05) is 38.1 Å². The number of nitrogens with one attached hydrogen (secondary N) is 3. The van der Waals surface area contributed by atoms with Crippen molar-refractivity contribution in [2.75, 3.05) is 17.7 Å².